The predicted molar refractivity (Wildman–Crippen MR) is 76.2 cm³/mol. The summed E-state index contributed by atoms with van der Waals surface area (Å²) in [7, 11) is 2.89. The van der Waals surface area contributed by atoms with Crippen LogP contribution in [0.15, 0.2) is 18.2 Å². The summed E-state index contributed by atoms with van der Waals surface area (Å²) in [5.74, 6) is 0. The Labute approximate surface area is 106 Å². The number of aryl methyl sites for hydroxylation is 2. The van der Waals surface area contributed by atoms with E-state index < -0.39 is 0 Å². The van der Waals surface area contributed by atoms with Gasteiger partial charge in [-0.2, -0.15) is 0 Å². The molecule has 0 aliphatic rings. The van der Waals surface area contributed by atoms with Crippen LogP contribution in [0.4, 0.5) is 0 Å². The first-order valence-electron chi connectivity index (χ1n) is 4.47. The van der Waals surface area contributed by atoms with Gasteiger partial charge in [-0.3, -0.25) is 0 Å². The van der Waals surface area contributed by atoms with E-state index in [0.29, 0.717) is 5.66 Å². The summed E-state index contributed by atoms with van der Waals surface area (Å²) >= 11 is 0. The van der Waals surface area contributed by atoms with Gasteiger partial charge < -0.3 is 0 Å². The lowest BCUT2D eigenvalue weighted by molar-refractivity contribution is 0.893. The Morgan fingerprint density at radius 3 is 1.93 bits per heavy atom. The minimum atomic E-state index is 0. The molecule has 0 fully saturated rings. The van der Waals surface area contributed by atoms with Gasteiger partial charge >= 0.3 is 0 Å². The maximum Gasteiger partial charge on any atom is -0.00170 e. The van der Waals surface area contributed by atoms with Crippen LogP contribution in [-0.4, -0.2) is 0 Å². The van der Waals surface area contributed by atoms with Crippen molar-refractivity contribution in [2.45, 2.75) is 32.9 Å². The molecule has 14 heavy (non-hydrogen) atoms. The SMILES string of the molecule is Br.CCC(P)c1cc(C)cc(C)c1.Cl. The molecular formula is C11H19BrClP. The van der Waals surface area contributed by atoms with Gasteiger partial charge in [-0.25, -0.2) is 0 Å². The van der Waals surface area contributed by atoms with Gasteiger partial charge in [-0.15, -0.1) is 38.6 Å². The average molecular weight is 298 g/mol. The fraction of sp³-hybridized carbons (Fsp3) is 0.455. The van der Waals surface area contributed by atoms with Crippen LogP contribution in [0.3, 0.4) is 0 Å². The number of benzene rings is 1. The van der Waals surface area contributed by atoms with Gasteiger partial charge in [-0.05, 0) is 31.5 Å². The lowest BCUT2D eigenvalue weighted by atomic mass is 10.0. The highest BCUT2D eigenvalue weighted by Gasteiger charge is 2.03. The Morgan fingerprint density at radius 2 is 1.57 bits per heavy atom. The maximum absolute atomic E-state index is 2.89. The third-order valence-electron chi connectivity index (χ3n) is 2.11. The molecule has 1 aromatic carbocycles. The van der Waals surface area contributed by atoms with Crippen molar-refractivity contribution in [1.29, 1.82) is 0 Å². The quantitative estimate of drug-likeness (QED) is 0.698. The van der Waals surface area contributed by atoms with Crippen molar-refractivity contribution in [1.82, 2.24) is 0 Å². The normalized spacial score (nSPS) is 11.1. The molecule has 0 saturated heterocycles. The predicted octanol–water partition coefficient (Wildman–Crippen LogP) is 4.63. The molecule has 2 atom stereocenters. The molecule has 1 rings (SSSR count). The molecule has 0 aliphatic carbocycles. The summed E-state index contributed by atoms with van der Waals surface area (Å²) in [6, 6.07) is 6.76. The Balaban J connectivity index is 0. The highest BCUT2D eigenvalue weighted by Crippen LogP contribution is 2.27. The second-order valence-electron chi connectivity index (χ2n) is 3.44. The van der Waals surface area contributed by atoms with Crippen LogP contribution in [0.5, 0.6) is 0 Å². The zero-order valence-electron chi connectivity index (χ0n) is 8.91. The number of hydrogen-bond donors (Lipinski definition) is 0. The van der Waals surface area contributed by atoms with Crippen molar-refractivity contribution in [2.24, 2.45) is 0 Å². The molecule has 82 valence electrons. The van der Waals surface area contributed by atoms with Gasteiger partial charge in [0, 0.05) is 0 Å². The van der Waals surface area contributed by atoms with Crippen molar-refractivity contribution in [3.8, 4) is 0 Å². The minimum absolute atomic E-state index is 0. The second kappa shape index (κ2) is 7.68. The standard InChI is InChI=1S/C11H17P.BrH.ClH/c1-4-11(12)10-6-8(2)5-9(3)7-10;;/h5-7,11H,4,12H2,1-3H3;2*1H. The number of halogens is 2. The van der Waals surface area contributed by atoms with E-state index in [1.165, 1.54) is 23.1 Å². The molecule has 0 N–H and O–H groups in total. The molecule has 0 nitrogen and oxygen atoms in total. The number of rotatable bonds is 2. The van der Waals surface area contributed by atoms with Crippen LogP contribution in [-0.2, 0) is 0 Å². The van der Waals surface area contributed by atoms with E-state index in [1.807, 2.05) is 0 Å². The molecule has 2 unspecified atom stereocenters. The smallest absolute Gasteiger partial charge is 0.00170 e. The first-order valence-corrected chi connectivity index (χ1v) is 5.14. The molecule has 0 radical (unpaired) electrons. The summed E-state index contributed by atoms with van der Waals surface area (Å²) in [6.45, 7) is 6.53. The third-order valence-corrected chi connectivity index (χ3v) is 2.97. The largest absolute Gasteiger partial charge is 0.147 e. The Morgan fingerprint density at radius 1 is 1.14 bits per heavy atom. The molecule has 0 heterocycles. The average Bonchev–Trinajstić information content (AvgIpc) is 2.01. The van der Waals surface area contributed by atoms with Crippen LogP contribution < -0.4 is 0 Å². The van der Waals surface area contributed by atoms with Gasteiger partial charge in [0.1, 0.15) is 0 Å². The summed E-state index contributed by atoms with van der Waals surface area (Å²) in [5, 5.41) is 0. The molecule has 0 aromatic heterocycles. The molecular weight excluding hydrogens is 278 g/mol. The molecule has 0 bridgehead atoms. The van der Waals surface area contributed by atoms with Crippen LogP contribution in [0.2, 0.25) is 0 Å². The second-order valence-corrected chi connectivity index (χ2v) is 4.24. The Bertz CT molecular complexity index is 256. The van der Waals surface area contributed by atoms with E-state index in [2.05, 4.69) is 48.2 Å². The molecule has 0 saturated carbocycles. The Hall–Kier alpha value is 0.420. The fourth-order valence-electron chi connectivity index (χ4n) is 1.46. The molecule has 3 heteroatoms. The van der Waals surface area contributed by atoms with E-state index in [0.717, 1.165) is 0 Å². The van der Waals surface area contributed by atoms with Crippen LogP contribution in [0, 0.1) is 13.8 Å². The molecule has 0 spiro atoms. The van der Waals surface area contributed by atoms with Crippen LogP contribution in [0.25, 0.3) is 0 Å². The minimum Gasteiger partial charge on any atom is -0.147 e. The van der Waals surface area contributed by atoms with Crippen LogP contribution in [0.1, 0.15) is 35.7 Å². The van der Waals surface area contributed by atoms with Crippen molar-refractivity contribution in [2.75, 3.05) is 0 Å². The van der Waals surface area contributed by atoms with Crippen LogP contribution >= 0.6 is 38.6 Å². The summed E-state index contributed by atoms with van der Waals surface area (Å²) in [5.41, 5.74) is 4.79. The van der Waals surface area contributed by atoms with Gasteiger partial charge in [0.05, 0.1) is 0 Å². The van der Waals surface area contributed by atoms with Crippen molar-refractivity contribution < 1.29 is 0 Å². The highest BCUT2D eigenvalue weighted by atomic mass is 79.9. The van der Waals surface area contributed by atoms with E-state index >= 15 is 0 Å². The highest BCUT2D eigenvalue weighted by molar-refractivity contribution is 8.93. The van der Waals surface area contributed by atoms with Crippen molar-refractivity contribution >= 4 is 38.6 Å². The molecule has 1 aromatic rings. The van der Waals surface area contributed by atoms with Crippen molar-refractivity contribution in [3.63, 3.8) is 0 Å². The molecule has 0 aliphatic heterocycles. The molecule has 0 amide bonds. The fourth-order valence-corrected chi connectivity index (χ4v) is 1.65. The lowest BCUT2D eigenvalue weighted by Crippen LogP contribution is -1.89. The third kappa shape index (κ3) is 4.77. The van der Waals surface area contributed by atoms with E-state index in [1.54, 1.807) is 0 Å². The summed E-state index contributed by atoms with van der Waals surface area (Å²) < 4.78 is 0. The monoisotopic (exact) mass is 296 g/mol. The van der Waals surface area contributed by atoms with Gasteiger partial charge in [0.25, 0.3) is 0 Å². The summed E-state index contributed by atoms with van der Waals surface area (Å²) in [4.78, 5) is 0. The van der Waals surface area contributed by atoms with E-state index in [4.69, 9.17) is 0 Å². The Kier molecular flexibility index (Phi) is 9.23. The van der Waals surface area contributed by atoms with E-state index in [9.17, 15) is 0 Å². The van der Waals surface area contributed by atoms with Gasteiger partial charge in [0.15, 0.2) is 0 Å². The zero-order valence-corrected chi connectivity index (χ0v) is 12.6. The van der Waals surface area contributed by atoms with E-state index in [-0.39, 0.29) is 29.4 Å². The first-order chi connectivity index (χ1) is 5.63. The zero-order chi connectivity index (χ0) is 9.14. The maximum atomic E-state index is 2.89. The van der Waals surface area contributed by atoms with Gasteiger partial charge in [0.2, 0.25) is 0 Å². The lowest BCUT2D eigenvalue weighted by Gasteiger charge is -2.10. The topological polar surface area (TPSA) is 0 Å². The van der Waals surface area contributed by atoms with Crippen molar-refractivity contribution in [3.05, 3.63) is 34.9 Å². The summed E-state index contributed by atoms with van der Waals surface area (Å²) in [6.07, 6.45) is 1.19. The van der Waals surface area contributed by atoms with Gasteiger partial charge in [-0.1, -0.05) is 36.2 Å². The number of hydrogen-bond acceptors (Lipinski definition) is 0. The first kappa shape index (κ1) is 16.8.